The van der Waals surface area contributed by atoms with Crippen molar-refractivity contribution in [1.82, 2.24) is 15.4 Å². The Morgan fingerprint density at radius 2 is 2.43 bits per heavy atom. The van der Waals surface area contributed by atoms with E-state index >= 15 is 0 Å². The van der Waals surface area contributed by atoms with Crippen LogP contribution in [0.25, 0.3) is 0 Å². The van der Waals surface area contributed by atoms with Gasteiger partial charge in [0.2, 0.25) is 0 Å². The summed E-state index contributed by atoms with van der Waals surface area (Å²) in [6, 6.07) is 0. The zero-order valence-electron chi connectivity index (χ0n) is 3.55. The Morgan fingerprint density at radius 3 is 2.57 bits per heavy atom. The average molecular weight is 224 g/mol. The molecule has 1 aromatic rings. The van der Waals surface area contributed by atoms with E-state index < -0.39 is 0 Å². The third-order valence-electron chi connectivity index (χ3n) is 0.434. The number of H-pyrrole nitrogens is 1. The number of nitrogens with zero attached hydrogens (tertiary/aromatic N) is 2. The van der Waals surface area contributed by atoms with Crippen molar-refractivity contribution in [3.8, 4) is 0 Å². The van der Waals surface area contributed by atoms with Gasteiger partial charge in [-0.1, -0.05) is 0 Å². The van der Waals surface area contributed by atoms with E-state index in [1.807, 2.05) is 0 Å². The Balaban J connectivity index is 0.000000360. The van der Waals surface area contributed by atoms with Gasteiger partial charge in [0.1, 0.15) is 0 Å². The van der Waals surface area contributed by atoms with Gasteiger partial charge >= 0.3 is 0 Å². The van der Waals surface area contributed by atoms with Gasteiger partial charge in [-0.3, -0.25) is 0 Å². The normalized spacial score (nSPS) is 7.43. The van der Waals surface area contributed by atoms with Gasteiger partial charge in [-0.25, -0.2) is 0 Å². The van der Waals surface area contributed by atoms with Crippen molar-refractivity contribution in [2.24, 2.45) is 0 Å². The van der Waals surface area contributed by atoms with Crippen LogP contribution in [-0.4, -0.2) is 15.4 Å². The van der Waals surface area contributed by atoms with Crippen LogP contribution in [0.15, 0.2) is 6.20 Å². The number of nitrogens with one attached hydrogen (secondary N) is 1. The molecule has 1 rings (SSSR count). The van der Waals surface area contributed by atoms with Gasteiger partial charge in [-0.05, 0) is 0 Å². The van der Waals surface area contributed by atoms with Crippen molar-refractivity contribution in [2.45, 2.75) is 0 Å². The second-order valence-corrected chi connectivity index (χ2v) is 0.895. The Kier molecular flexibility index (Phi) is 3.49. The molecule has 0 radical (unpaired) electrons. The first-order chi connectivity index (χ1) is 2.89. The van der Waals surface area contributed by atoms with Crippen LogP contribution < -0.4 is 5.73 Å². The summed E-state index contributed by atoms with van der Waals surface area (Å²) in [6.45, 7) is 0. The van der Waals surface area contributed by atoms with Crippen LogP contribution in [-0.2, 0) is 0 Å². The first kappa shape index (κ1) is 7.32. The van der Waals surface area contributed by atoms with E-state index in [4.69, 9.17) is 5.73 Å². The van der Waals surface area contributed by atoms with Gasteiger partial charge in [0.05, 0.1) is 6.20 Å². The molecule has 0 atom stereocenters. The predicted octanol–water partition coefficient (Wildman–Crippen LogP) is -0.613. The van der Waals surface area contributed by atoms with Crippen LogP contribution in [0.4, 0.5) is 5.82 Å². The van der Waals surface area contributed by atoms with Crippen molar-refractivity contribution in [1.29, 1.82) is 0 Å². The van der Waals surface area contributed by atoms with Gasteiger partial charge < -0.3 is 5.73 Å². The molecule has 5 heteroatoms. The number of aromatic nitrogens is 3. The maximum absolute atomic E-state index is 5.07. The molecular formula is C2H4CeN4. The molecule has 0 aliphatic rings. The molecule has 3 N–H and O–H groups in total. The van der Waals surface area contributed by atoms with Crippen molar-refractivity contribution >= 4 is 5.82 Å². The molecular weight excluding hydrogens is 220 g/mol. The standard InChI is InChI=1S/C2H4N4.Ce/c3-2-1-4-6-5-2;/h1H,(H3,3,4,5,6);. The summed E-state index contributed by atoms with van der Waals surface area (Å²) in [5.41, 5.74) is 5.07. The maximum Gasteiger partial charge on any atom is 0.165 e. The van der Waals surface area contributed by atoms with Crippen molar-refractivity contribution in [2.75, 3.05) is 5.73 Å². The predicted molar refractivity (Wildman–Crippen MR) is 20.8 cm³/mol. The topological polar surface area (TPSA) is 67.6 Å². The van der Waals surface area contributed by atoms with Crippen LogP contribution in [0.3, 0.4) is 0 Å². The van der Waals surface area contributed by atoms with Crippen molar-refractivity contribution < 1.29 is 41.7 Å². The summed E-state index contributed by atoms with van der Waals surface area (Å²) in [4.78, 5) is 0. The fourth-order valence-corrected chi connectivity index (χ4v) is 0.210. The van der Waals surface area contributed by atoms with Crippen LogP contribution in [0.2, 0.25) is 0 Å². The summed E-state index contributed by atoms with van der Waals surface area (Å²) < 4.78 is 0. The molecule has 0 fully saturated rings. The number of hydrogen-bond donors (Lipinski definition) is 2. The van der Waals surface area contributed by atoms with Gasteiger partial charge in [-0.2, -0.15) is 10.3 Å². The van der Waals surface area contributed by atoms with E-state index in [9.17, 15) is 0 Å². The van der Waals surface area contributed by atoms with Gasteiger partial charge in [0, 0.05) is 41.7 Å². The zero-order valence-corrected chi connectivity index (χ0v) is 6.69. The van der Waals surface area contributed by atoms with E-state index in [2.05, 4.69) is 15.4 Å². The van der Waals surface area contributed by atoms with Crippen LogP contribution in [0, 0.1) is 41.7 Å². The molecule has 36 valence electrons. The zero-order chi connectivity index (χ0) is 4.41. The second kappa shape index (κ2) is 3.34. The van der Waals surface area contributed by atoms with Crippen molar-refractivity contribution in [3.63, 3.8) is 0 Å². The van der Waals surface area contributed by atoms with E-state index in [1.54, 1.807) is 0 Å². The molecule has 7 heavy (non-hydrogen) atoms. The quantitative estimate of drug-likeness (QED) is 0.617. The number of hydrogen-bond acceptors (Lipinski definition) is 3. The number of rotatable bonds is 0. The second-order valence-electron chi connectivity index (χ2n) is 0.895. The van der Waals surface area contributed by atoms with Crippen LogP contribution in [0.5, 0.6) is 0 Å². The minimum Gasteiger partial charge on any atom is -0.381 e. The van der Waals surface area contributed by atoms with Gasteiger partial charge in [0.25, 0.3) is 0 Å². The van der Waals surface area contributed by atoms with E-state index in [-0.39, 0.29) is 41.7 Å². The molecule has 0 saturated heterocycles. The third kappa shape index (κ3) is 2.20. The molecule has 0 amide bonds. The molecule has 0 bridgehead atoms. The maximum atomic E-state index is 5.07. The Labute approximate surface area is 74.2 Å². The Morgan fingerprint density at radius 1 is 1.71 bits per heavy atom. The Bertz CT molecular complexity index is 113. The monoisotopic (exact) mass is 224 g/mol. The molecule has 4 nitrogen and oxygen atoms in total. The number of nitrogen functional groups attached to an aromatic ring is 1. The molecule has 0 saturated carbocycles. The third-order valence-corrected chi connectivity index (χ3v) is 0.434. The first-order valence-corrected chi connectivity index (χ1v) is 1.51. The molecule has 0 spiro atoms. The van der Waals surface area contributed by atoms with Gasteiger partial charge in [-0.15, -0.1) is 5.10 Å². The van der Waals surface area contributed by atoms with Crippen LogP contribution >= 0.6 is 0 Å². The molecule has 0 aliphatic heterocycles. The molecule has 1 aromatic heterocycles. The Hall–Kier alpha value is 0.317. The molecule has 0 unspecified atom stereocenters. The van der Waals surface area contributed by atoms with E-state index in [1.165, 1.54) is 6.20 Å². The number of anilines is 1. The fourth-order valence-electron chi connectivity index (χ4n) is 0.210. The molecule has 0 aromatic carbocycles. The summed E-state index contributed by atoms with van der Waals surface area (Å²) in [5.74, 6) is 0.426. The first-order valence-electron chi connectivity index (χ1n) is 1.51. The van der Waals surface area contributed by atoms with E-state index in [0.717, 1.165) is 0 Å². The summed E-state index contributed by atoms with van der Waals surface area (Å²) in [7, 11) is 0. The minimum absolute atomic E-state index is 0. The fraction of sp³-hybridized carbons (Fsp3) is 0. The van der Waals surface area contributed by atoms with Crippen molar-refractivity contribution in [3.05, 3.63) is 6.20 Å². The van der Waals surface area contributed by atoms with Crippen LogP contribution in [0.1, 0.15) is 0 Å². The van der Waals surface area contributed by atoms with Gasteiger partial charge in [0.15, 0.2) is 5.82 Å². The molecule has 0 aliphatic carbocycles. The largest absolute Gasteiger partial charge is 0.381 e. The number of aromatic amines is 1. The molecule has 1 heterocycles. The smallest absolute Gasteiger partial charge is 0.165 e. The SMILES string of the molecule is Nc1cn[nH]n1.[Ce]. The number of nitrogens with two attached hydrogens (primary N) is 1. The average Bonchev–Trinajstić information content (AvgIpc) is 1.86. The summed E-state index contributed by atoms with van der Waals surface area (Å²) in [6.07, 6.45) is 1.44. The van der Waals surface area contributed by atoms with E-state index in [0.29, 0.717) is 5.82 Å². The minimum atomic E-state index is 0. The summed E-state index contributed by atoms with van der Waals surface area (Å²) in [5, 5.41) is 9.22. The summed E-state index contributed by atoms with van der Waals surface area (Å²) >= 11 is 0.